The molecule has 0 aromatic rings. The summed E-state index contributed by atoms with van der Waals surface area (Å²) in [4.78, 5) is 0. The van der Waals surface area contributed by atoms with Crippen molar-refractivity contribution >= 4 is 16.1 Å². The lowest BCUT2D eigenvalue weighted by Gasteiger charge is -2.40. The number of hydrogen-bond donors (Lipinski definition) is 0. The number of hydrogen-bond acceptors (Lipinski definition) is 4. The van der Waals surface area contributed by atoms with Gasteiger partial charge in [-0.1, -0.05) is 123 Å². The van der Waals surface area contributed by atoms with E-state index in [0.29, 0.717) is 59.7 Å². The fraction of sp³-hybridized carbons (Fsp3) is 0.733. The monoisotopic (exact) mass is 728 g/mol. The SMILES string of the molecule is CC(C)[Si](C#CC1(C#CC#CC(C)(C)C#CC#CC2(C#C[Si](C(C)C)(C(C)C)C(C)C)OCC(C)(C)CO2)OCC(C)(C)CO1)(C(C)C)C(C)C. The van der Waals surface area contributed by atoms with Crippen molar-refractivity contribution in [1.29, 1.82) is 0 Å². The molecule has 280 valence electrons. The Morgan fingerprint density at radius 2 is 0.686 bits per heavy atom. The minimum atomic E-state index is -2.03. The first kappa shape index (κ1) is 44.8. The first-order valence-electron chi connectivity index (χ1n) is 19.0. The van der Waals surface area contributed by atoms with Crippen LogP contribution in [0.1, 0.15) is 125 Å². The van der Waals surface area contributed by atoms with Crippen LogP contribution in [0.5, 0.6) is 0 Å². The highest BCUT2D eigenvalue weighted by Gasteiger charge is 2.45. The van der Waals surface area contributed by atoms with Gasteiger partial charge >= 0.3 is 11.6 Å². The largest absolute Gasteiger partial charge is 0.329 e. The quantitative estimate of drug-likeness (QED) is 0.202. The van der Waals surface area contributed by atoms with Gasteiger partial charge in [-0.05, 0) is 94.5 Å². The highest BCUT2D eigenvalue weighted by molar-refractivity contribution is 6.91. The van der Waals surface area contributed by atoms with Gasteiger partial charge in [0.2, 0.25) is 0 Å². The molecule has 0 aliphatic carbocycles. The molecule has 0 unspecified atom stereocenters. The second-order valence-electron chi connectivity index (χ2n) is 18.6. The molecule has 2 heterocycles. The molecule has 4 nitrogen and oxygen atoms in total. The summed E-state index contributed by atoms with van der Waals surface area (Å²) in [7, 11) is -4.05. The molecule has 0 aromatic heterocycles. The van der Waals surface area contributed by atoms with Crippen LogP contribution in [0.3, 0.4) is 0 Å². The normalized spacial score (nSPS) is 19.3. The zero-order valence-electron chi connectivity index (χ0n) is 35.4. The summed E-state index contributed by atoms with van der Waals surface area (Å²) in [6.07, 6.45) is 0. The Kier molecular flexibility index (Phi) is 15.1. The van der Waals surface area contributed by atoms with Gasteiger partial charge in [-0.15, -0.1) is 11.1 Å². The van der Waals surface area contributed by atoms with Crippen molar-refractivity contribution in [2.45, 2.75) is 169 Å². The number of ether oxygens (including phenoxy) is 4. The third-order valence-corrected chi connectivity index (χ3v) is 23.2. The average Bonchev–Trinajstić information content (AvgIpc) is 3.00. The minimum Gasteiger partial charge on any atom is -0.329 e. The molecular formula is C45H68O4Si2. The fourth-order valence-corrected chi connectivity index (χ4v) is 18.1. The predicted molar refractivity (Wildman–Crippen MR) is 219 cm³/mol. The molecule has 0 radical (unpaired) electrons. The van der Waals surface area contributed by atoms with Crippen molar-refractivity contribution in [3.8, 4) is 70.3 Å². The second-order valence-corrected chi connectivity index (χ2v) is 29.8. The van der Waals surface area contributed by atoms with Gasteiger partial charge in [-0.2, -0.15) is 0 Å². The number of rotatable bonds is 6. The molecule has 2 fully saturated rings. The lowest BCUT2D eigenvalue weighted by atomic mass is 9.94. The second kappa shape index (κ2) is 17.2. The van der Waals surface area contributed by atoms with E-state index in [9.17, 15) is 0 Å². The molecule has 0 saturated carbocycles. The summed E-state index contributed by atoms with van der Waals surface area (Å²) in [5, 5.41) is 0. The molecule has 2 aliphatic rings. The molecule has 2 rings (SSSR count). The zero-order chi connectivity index (χ0) is 39.1. The van der Waals surface area contributed by atoms with E-state index in [1.165, 1.54) is 0 Å². The third-order valence-electron chi connectivity index (χ3n) is 10.6. The van der Waals surface area contributed by atoms with Gasteiger partial charge in [0, 0.05) is 10.8 Å². The molecule has 0 amide bonds. The van der Waals surface area contributed by atoms with Crippen LogP contribution < -0.4 is 0 Å². The summed E-state index contributed by atoms with van der Waals surface area (Å²) < 4.78 is 25.2. The molecule has 0 N–H and O–H groups in total. The Labute approximate surface area is 316 Å². The van der Waals surface area contributed by atoms with Crippen molar-refractivity contribution in [2.24, 2.45) is 16.2 Å². The van der Waals surface area contributed by atoms with Crippen molar-refractivity contribution in [1.82, 2.24) is 0 Å². The van der Waals surface area contributed by atoms with Crippen molar-refractivity contribution in [3.05, 3.63) is 0 Å². The highest BCUT2D eigenvalue weighted by atomic mass is 28.3. The van der Waals surface area contributed by atoms with Gasteiger partial charge < -0.3 is 18.9 Å². The van der Waals surface area contributed by atoms with Crippen molar-refractivity contribution < 1.29 is 18.9 Å². The van der Waals surface area contributed by atoms with Gasteiger partial charge in [0.05, 0.1) is 31.8 Å². The third kappa shape index (κ3) is 11.3. The molecule has 0 atom stereocenters. The lowest BCUT2D eigenvalue weighted by molar-refractivity contribution is -0.234. The van der Waals surface area contributed by atoms with Crippen LogP contribution in [0.25, 0.3) is 0 Å². The molecular weight excluding hydrogens is 661 g/mol. The predicted octanol–water partition coefficient (Wildman–Crippen LogP) is 10.0. The summed E-state index contributed by atoms with van der Waals surface area (Å²) in [5.41, 5.74) is 9.51. The standard InChI is InChI=1S/C45H68O4Si2/c1-35(2)50(36(3)4,37(5)6)29-27-44(46-31-42(15,16)32-47-44)25-21-19-23-41(13,14)24-20-22-26-45(48-33-43(17,18)34-49-45)28-30-51(38(7)8,39(9)10)40(11)12/h35-40H,31-34H2,1-18H3. The maximum absolute atomic E-state index is 6.29. The van der Waals surface area contributed by atoms with Crippen LogP contribution in [0, 0.1) is 86.5 Å². The van der Waals surface area contributed by atoms with E-state index >= 15 is 0 Å². The van der Waals surface area contributed by atoms with E-state index in [2.05, 4.69) is 181 Å². The highest BCUT2D eigenvalue weighted by Crippen LogP contribution is 2.42. The van der Waals surface area contributed by atoms with E-state index in [-0.39, 0.29) is 10.8 Å². The van der Waals surface area contributed by atoms with Crippen LogP contribution in [0.2, 0.25) is 33.2 Å². The van der Waals surface area contributed by atoms with Gasteiger partial charge in [0.1, 0.15) is 16.1 Å². The van der Waals surface area contributed by atoms with Gasteiger partial charge in [-0.3, -0.25) is 0 Å². The van der Waals surface area contributed by atoms with Crippen LogP contribution in [0.15, 0.2) is 0 Å². The van der Waals surface area contributed by atoms with Crippen molar-refractivity contribution in [2.75, 3.05) is 26.4 Å². The maximum atomic E-state index is 6.29. The van der Waals surface area contributed by atoms with Crippen LogP contribution in [-0.2, 0) is 18.9 Å². The van der Waals surface area contributed by atoms with E-state index in [1.807, 2.05) is 13.8 Å². The fourth-order valence-electron chi connectivity index (χ4n) is 7.59. The Balaban J connectivity index is 2.49. The lowest BCUT2D eigenvalue weighted by Crippen LogP contribution is -2.48. The molecule has 6 heteroatoms. The smallest absolute Gasteiger partial charge is 0.301 e. The first-order valence-corrected chi connectivity index (χ1v) is 23.5. The first-order chi connectivity index (χ1) is 23.3. The Morgan fingerprint density at radius 1 is 0.431 bits per heavy atom. The van der Waals surface area contributed by atoms with E-state index in [0.717, 1.165) is 0 Å². The van der Waals surface area contributed by atoms with Crippen molar-refractivity contribution in [3.63, 3.8) is 0 Å². The molecule has 0 spiro atoms. The Hall–Kier alpha value is -2.37. The van der Waals surface area contributed by atoms with Gasteiger partial charge in [0.25, 0.3) is 0 Å². The molecule has 51 heavy (non-hydrogen) atoms. The summed E-state index contributed by atoms with van der Waals surface area (Å²) in [5.74, 6) is 29.0. The molecule has 2 saturated heterocycles. The van der Waals surface area contributed by atoms with E-state index < -0.39 is 33.1 Å². The van der Waals surface area contributed by atoms with Gasteiger partial charge in [-0.25, -0.2) is 0 Å². The maximum Gasteiger partial charge on any atom is 0.301 e. The molecule has 2 aliphatic heterocycles. The van der Waals surface area contributed by atoms with Crippen LogP contribution in [0.4, 0.5) is 0 Å². The topological polar surface area (TPSA) is 36.9 Å². The van der Waals surface area contributed by atoms with E-state index in [4.69, 9.17) is 18.9 Å². The molecule has 0 aromatic carbocycles. The van der Waals surface area contributed by atoms with Gasteiger partial charge in [0.15, 0.2) is 0 Å². The zero-order valence-corrected chi connectivity index (χ0v) is 37.4. The minimum absolute atomic E-state index is 0.115. The molecule has 0 bridgehead atoms. The summed E-state index contributed by atoms with van der Waals surface area (Å²) >= 11 is 0. The van der Waals surface area contributed by atoms with Crippen LogP contribution in [-0.4, -0.2) is 54.1 Å². The summed E-state index contributed by atoms with van der Waals surface area (Å²) in [6.45, 7) is 42.0. The van der Waals surface area contributed by atoms with E-state index in [1.54, 1.807) is 0 Å². The summed E-state index contributed by atoms with van der Waals surface area (Å²) in [6, 6.07) is 0. The Morgan fingerprint density at radius 3 is 0.922 bits per heavy atom. The van der Waals surface area contributed by atoms with Crippen LogP contribution >= 0.6 is 0 Å². The Bertz CT molecular complexity index is 1420. The average molecular weight is 729 g/mol.